The largest absolute Gasteiger partial charge is 0.382 e. The predicted molar refractivity (Wildman–Crippen MR) is 46.0 cm³/mol. The zero-order valence-corrected chi connectivity index (χ0v) is 7.93. The molecule has 1 heterocycles. The number of hydrogen-bond acceptors (Lipinski definition) is 2. The summed E-state index contributed by atoms with van der Waals surface area (Å²) in [5.74, 6) is 0. The van der Waals surface area contributed by atoms with Crippen LogP contribution < -0.4 is 5.73 Å². The van der Waals surface area contributed by atoms with E-state index in [4.69, 9.17) is 10.5 Å². The molecule has 0 aromatic heterocycles. The van der Waals surface area contributed by atoms with Crippen molar-refractivity contribution in [1.82, 2.24) is 0 Å². The van der Waals surface area contributed by atoms with E-state index in [0.29, 0.717) is 5.73 Å². The summed E-state index contributed by atoms with van der Waals surface area (Å²) in [6.45, 7) is 1.87. The Kier molecular flexibility index (Phi) is 4.02. The van der Waals surface area contributed by atoms with Crippen LogP contribution >= 0.6 is 0 Å². The summed E-state index contributed by atoms with van der Waals surface area (Å²) in [6.07, 6.45) is 3.96. The van der Waals surface area contributed by atoms with Crippen LogP contribution in [0.4, 0.5) is 0 Å². The van der Waals surface area contributed by atoms with Crippen LogP contribution in [0, 0.1) is 0 Å². The molecule has 1 atom stereocenters. The third-order valence-electron chi connectivity index (χ3n) is 2.00. The maximum Gasteiger partial charge on any atom is 0.0568 e. The summed E-state index contributed by atoms with van der Waals surface area (Å²) >= 11 is 0. The highest BCUT2D eigenvalue weighted by molar-refractivity contribution is 6.37. The standard InChI is InChI=1S/C7H17NOSi/c8-4-6-10-7-3-1-2-5-9-7/h7H,1-6,8,10H2. The zero-order valence-electron chi connectivity index (χ0n) is 6.51. The van der Waals surface area contributed by atoms with Crippen LogP contribution in [0.1, 0.15) is 19.3 Å². The molecular formula is C7H17NOSi. The Labute approximate surface area is 65.0 Å². The fourth-order valence-corrected chi connectivity index (χ4v) is 2.98. The summed E-state index contributed by atoms with van der Waals surface area (Å²) < 4.78 is 5.59. The minimum Gasteiger partial charge on any atom is -0.382 e. The molecule has 60 valence electrons. The molecule has 0 spiro atoms. The smallest absolute Gasteiger partial charge is 0.0568 e. The second-order valence-electron chi connectivity index (χ2n) is 2.92. The Hall–Kier alpha value is 0.137. The van der Waals surface area contributed by atoms with Gasteiger partial charge >= 0.3 is 0 Å². The zero-order chi connectivity index (χ0) is 7.23. The third-order valence-corrected chi connectivity index (χ3v) is 4.11. The van der Waals surface area contributed by atoms with Crippen LogP contribution in [0.25, 0.3) is 0 Å². The van der Waals surface area contributed by atoms with Crippen molar-refractivity contribution in [2.24, 2.45) is 5.73 Å². The molecule has 0 amide bonds. The maximum atomic E-state index is 5.59. The lowest BCUT2D eigenvalue weighted by atomic mass is 10.2. The van der Waals surface area contributed by atoms with Crippen molar-refractivity contribution in [1.29, 1.82) is 0 Å². The molecule has 0 radical (unpaired) electrons. The Morgan fingerprint density at radius 2 is 2.40 bits per heavy atom. The van der Waals surface area contributed by atoms with Crippen LogP contribution in [0.15, 0.2) is 0 Å². The molecule has 1 unspecified atom stereocenters. The average Bonchev–Trinajstić information content (AvgIpc) is 2.03. The highest BCUT2D eigenvalue weighted by Gasteiger charge is 2.12. The van der Waals surface area contributed by atoms with Crippen LogP contribution in [0.3, 0.4) is 0 Å². The number of hydrogen-bond donors (Lipinski definition) is 1. The van der Waals surface area contributed by atoms with E-state index in [-0.39, 0.29) is 9.52 Å². The Bertz CT molecular complexity index is 83.7. The lowest BCUT2D eigenvalue weighted by Crippen LogP contribution is -2.26. The maximum absolute atomic E-state index is 5.59. The van der Waals surface area contributed by atoms with Gasteiger partial charge in [0.05, 0.1) is 9.52 Å². The van der Waals surface area contributed by atoms with E-state index in [2.05, 4.69) is 0 Å². The Morgan fingerprint density at radius 1 is 1.50 bits per heavy atom. The molecule has 1 saturated heterocycles. The monoisotopic (exact) mass is 159 g/mol. The first kappa shape index (κ1) is 8.24. The van der Waals surface area contributed by atoms with Crippen molar-refractivity contribution in [3.8, 4) is 0 Å². The van der Waals surface area contributed by atoms with Gasteiger partial charge in [0.1, 0.15) is 0 Å². The number of ether oxygens (including phenoxy) is 1. The molecule has 0 bridgehead atoms. The normalized spacial score (nSPS) is 27.9. The van der Waals surface area contributed by atoms with E-state index in [0.717, 1.165) is 13.2 Å². The Balaban J connectivity index is 2.02. The van der Waals surface area contributed by atoms with Crippen LogP contribution in [-0.2, 0) is 4.74 Å². The lowest BCUT2D eigenvalue weighted by molar-refractivity contribution is 0.0650. The quantitative estimate of drug-likeness (QED) is 0.591. The van der Waals surface area contributed by atoms with Gasteiger partial charge in [0.2, 0.25) is 0 Å². The van der Waals surface area contributed by atoms with E-state index in [1.807, 2.05) is 0 Å². The van der Waals surface area contributed by atoms with Gasteiger partial charge < -0.3 is 10.5 Å². The molecule has 3 heteroatoms. The van der Waals surface area contributed by atoms with Gasteiger partial charge in [-0.3, -0.25) is 0 Å². The highest BCUT2D eigenvalue weighted by atomic mass is 28.2. The predicted octanol–water partition coefficient (Wildman–Crippen LogP) is 0.0588. The van der Waals surface area contributed by atoms with E-state index in [9.17, 15) is 0 Å². The molecule has 1 fully saturated rings. The van der Waals surface area contributed by atoms with Gasteiger partial charge in [-0.25, -0.2) is 0 Å². The van der Waals surface area contributed by atoms with Crippen molar-refractivity contribution in [2.45, 2.75) is 31.0 Å². The molecule has 1 rings (SSSR count). The second-order valence-corrected chi connectivity index (χ2v) is 5.11. The van der Waals surface area contributed by atoms with Crippen LogP contribution in [0.5, 0.6) is 0 Å². The second kappa shape index (κ2) is 4.88. The average molecular weight is 159 g/mol. The highest BCUT2D eigenvalue weighted by Crippen LogP contribution is 2.11. The minimum absolute atomic E-state index is 0.0183. The molecular weight excluding hydrogens is 142 g/mol. The van der Waals surface area contributed by atoms with Gasteiger partial charge in [-0.15, -0.1) is 0 Å². The molecule has 0 aromatic carbocycles. The molecule has 1 aliphatic rings. The van der Waals surface area contributed by atoms with Gasteiger partial charge in [-0.2, -0.15) is 0 Å². The van der Waals surface area contributed by atoms with Gasteiger partial charge in [0.25, 0.3) is 0 Å². The fraction of sp³-hybridized carbons (Fsp3) is 1.00. The van der Waals surface area contributed by atoms with Gasteiger partial charge in [0, 0.05) is 12.3 Å². The minimum atomic E-state index is 0.0183. The fourth-order valence-electron chi connectivity index (χ4n) is 1.38. The van der Waals surface area contributed by atoms with Crippen molar-refractivity contribution in [2.75, 3.05) is 13.2 Å². The molecule has 0 saturated carbocycles. The van der Waals surface area contributed by atoms with E-state index in [1.165, 1.54) is 25.3 Å². The van der Waals surface area contributed by atoms with Gasteiger partial charge in [0.15, 0.2) is 0 Å². The molecule has 2 nitrogen and oxygen atoms in total. The van der Waals surface area contributed by atoms with Gasteiger partial charge in [-0.1, -0.05) is 0 Å². The first-order valence-corrected chi connectivity index (χ1v) is 6.07. The van der Waals surface area contributed by atoms with Gasteiger partial charge in [-0.05, 0) is 31.9 Å². The summed E-state index contributed by atoms with van der Waals surface area (Å²) in [7, 11) is 0.0183. The van der Waals surface area contributed by atoms with Crippen molar-refractivity contribution in [3.63, 3.8) is 0 Å². The summed E-state index contributed by atoms with van der Waals surface area (Å²) in [4.78, 5) is 0. The van der Waals surface area contributed by atoms with Crippen molar-refractivity contribution >= 4 is 9.52 Å². The van der Waals surface area contributed by atoms with Crippen LogP contribution in [-0.4, -0.2) is 28.4 Å². The van der Waals surface area contributed by atoms with Crippen molar-refractivity contribution in [3.05, 3.63) is 0 Å². The first-order chi connectivity index (χ1) is 4.93. The van der Waals surface area contributed by atoms with Crippen LogP contribution in [0.2, 0.25) is 6.04 Å². The Morgan fingerprint density at radius 3 is 3.00 bits per heavy atom. The molecule has 0 aromatic rings. The molecule has 0 aliphatic carbocycles. The number of nitrogens with two attached hydrogens (primary N) is 1. The molecule has 10 heavy (non-hydrogen) atoms. The first-order valence-electron chi connectivity index (χ1n) is 4.25. The molecule has 2 N–H and O–H groups in total. The SMILES string of the molecule is NCC[SiH2]C1CCCCO1. The lowest BCUT2D eigenvalue weighted by Gasteiger charge is -2.21. The molecule has 1 aliphatic heterocycles. The van der Waals surface area contributed by atoms with E-state index in [1.54, 1.807) is 0 Å². The summed E-state index contributed by atoms with van der Waals surface area (Å²) in [6, 6.07) is 1.25. The van der Waals surface area contributed by atoms with E-state index >= 15 is 0 Å². The van der Waals surface area contributed by atoms with E-state index < -0.39 is 0 Å². The number of rotatable bonds is 3. The van der Waals surface area contributed by atoms with Crippen molar-refractivity contribution < 1.29 is 4.74 Å². The summed E-state index contributed by atoms with van der Waals surface area (Å²) in [5.41, 5.74) is 6.09. The summed E-state index contributed by atoms with van der Waals surface area (Å²) in [5, 5.41) is 0. The third kappa shape index (κ3) is 2.81. The topological polar surface area (TPSA) is 35.2 Å².